The van der Waals surface area contributed by atoms with Crippen LogP contribution in [0.1, 0.15) is 31.9 Å². The standard InChI is InChI=1S/C22H27N3O3S/c1-3-17(2)20-13-9-14-21(22(26)24-16-18-10-7-8-15-23-18)25(20)29(27,28)19-11-5-4-6-12-19/h3-8,10-12,15,17,20-21H,1,9,13-14,16H2,2H3,(H,24,26)/t17-,20+,21?/m1/s1. The minimum absolute atomic E-state index is 0.0696. The van der Waals surface area contributed by atoms with Crippen LogP contribution in [0.2, 0.25) is 0 Å². The first-order chi connectivity index (χ1) is 13.9. The van der Waals surface area contributed by atoms with E-state index in [0.29, 0.717) is 12.8 Å². The fraction of sp³-hybridized carbons (Fsp3) is 0.364. The summed E-state index contributed by atoms with van der Waals surface area (Å²) >= 11 is 0. The van der Waals surface area contributed by atoms with Gasteiger partial charge in [0.05, 0.1) is 17.1 Å². The van der Waals surface area contributed by atoms with Gasteiger partial charge in [-0.1, -0.05) is 37.3 Å². The van der Waals surface area contributed by atoms with Gasteiger partial charge in [0.2, 0.25) is 15.9 Å². The number of benzene rings is 1. The largest absolute Gasteiger partial charge is 0.349 e. The number of rotatable bonds is 7. The number of amides is 1. The number of nitrogens with zero attached hydrogens (tertiary/aromatic N) is 2. The number of carbonyl (C=O) groups is 1. The molecule has 0 bridgehead atoms. The number of aromatic nitrogens is 1. The second kappa shape index (κ2) is 9.33. The van der Waals surface area contributed by atoms with Gasteiger partial charge in [-0.15, -0.1) is 6.58 Å². The summed E-state index contributed by atoms with van der Waals surface area (Å²) in [7, 11) is -3.83. The van der Waals surface area contributed by atoms with Crippen molar-refractivity contribution < 1.29 is 13.2 Å². The predicted octanol–water partition coefficient (Wildman–Crippen LogP) is 3.13. The Bertz CT molecular complexity index is 932. The van der Waals surface area contributed by atoms with Crippen molar-refractivity contribution in [1.82, 2.24) is 14.6 Å². The molecule has 1 aliphatic rings. The summed E-state index contributed by atoms with van der Waals surface area (Å²) in [6.45, 7) is 6.05. The molecule has 0 aliphatic carbocycles. The zero-order valence-electron chi connectivity index (χ0n) is 16.6. The highest BCUT2D eigenvalue weighted by atomic mass is 32.2. The van der Waals surface area contributed by atoms with Gasteiger partial charge in [-0.2, -0.15) is 4.31 Å². The second-order valence-corrected chi connectivity index (χ2v) is 9.14. The van der Waals surface area contributed by atoms with Crippen LogP contribution in [0.15, 0.2) is 72.3 Å². The van der Waals surface area contributed by atoms with E-state index in [0.717, 1.165) is 12.1 Å². The van der Waals surface area contributed by atoms with Crippen molar-refractivity contribution in [2.45, 2.75) is 49.7 Å². The van der Waals surface area contributed by atoms with E-state index in [9.17, 15) is 13.2 Å². The number of carbonyl (C=O) groups excluding carboxylic acids is 1. The number of sulfonamides is 1. The smallest absolute Gasteiger partial charge is 0.244 e. The van der Waals surface area contributed by atoms with E-state index >= 15 is 0 Å². The van der Waals surface area contributed by atoms with Gasteiger partial charge in [0.25, 0.3) is 0 Å². The summed E-state index contributed by atoms with van der Waals surface area (Å²) in [4.78, 5) is 17.5. The molecule has 1 unspecified atom stereocenters. The maximum atomic E-state index is 13.5. The van der Waals surface area contributed by atoms with Crippen molar-refractivity contribution >= 4 is 15.9 Å². The van der Waals surface area contributed by atoms with Crippen LogP contribution in [-0.2, 0) is 21.4 Å². The van der Waals surface area contributed by atoms with Crippen LogP contribution < -0.4 is 5.32 Å². The van der Waals surface area contributed by atoms with E-state index in [4.69, 9.17) is 0 Å². The Labute approximate surface area is 172 Å². The molecule has 1 amide bonds. The predicted molar refractivity (Wildman–Crippen MR) is 112 cm³/mol. The Hall–Kier alpha value is -2.51. The summed E-state index contributed by atoms with van der Waals surface area (Å²) in [6.07, 6.45) is 5.39. The van der Waals surface area contributed by atoms with E-state index < -0.39 is 16.1 Å². The van der Waals surface area contributed by atoms with Crippen LogP contribution in [-0.4, -0.2) is 35.7 Å². The lowest BCUT2D eigenvalue weighted by molar-refractivity contribution is -0.126. The summed E-state index contributed by atoms with van der Waals surface area (Å²) in [5, 5.41) is 2.87. The van der Waals surface area contributed by atoms with Gasteiger partial charge in [-0.05, 0) is 49.4 Å². The van der Waals surface area contributed by atoms with Gasteiger partial charge in [-0.3, -0.25) is 9.78 Å². The molecule has 154 valence electrons. The molecule has 1 saturated heterocycles. The van der Waals surface area contributed by atoms with Crippen molar-refractivity contribution in [3.63, 3.8) is 0 Å². The van der Waals surface area contributed by atoms with Crippen LogP contribution in [0.3, 0.4) is 0 Å². The Kier molecular flexibility index (Phi) is 6.82. The topological polar surface area (TPSA) is 79.4 Å². The lowest BCUT2D eigenvalue weighted by atomic mass is 9.90. The molecule has 0 saturated carbocycles. The van der Waals surface area contributed by atoms with Crippen LogP contribution in [0, 0.1) is 5.92 Å². The number of piperidine rings is 1. The molecule has 1 aliphatic heterocycles. The molecule has 3 atom stereocenters. The van der Waals surface area contributed by atoms with Gasteiger partial charge in [0, 0.05) is 12.2 Å². The molecule has 1 aromatic heterocycles. The van der Waals surface area contributed by atoms with Crippen LogP contribution in [0.4, 0.5) is 0 Å². The molecule has 7 heteroatoms. The van der Waals surface area contributed by atoms with Crippen molar-refractivity contribution in [1.29, 1.82) is 0 Å². The molecule has 1 N–H and O–H groups in total. The SMILES string of the molecule is C=C[C@@H](C)[C@@H]1CCCC(C(=O)NCc2ccccn2)N1S(=O)(=O)c1ccccc1. The molecular formula is C22H27N3O3S. The molecule has 1 fully saturated rings. The van der Waals surface area contributed by atoms with E-state index in [-0.39, 0.29) is 29.3 Å². The molecule has 6 nitrogen and oxygen atoms in total. The monoisotopic (exact) mass is 413 g/mol. The number of nitrogens with one attached hydrogen (secondary N) is 1. The number of hydrogen-bond donors (Lipinski definition) is 1. The van der Waals surface area contributed by atoms with Crippen molar-refractivity contribution in [3.8, 4) is 0 Å². The third kappa shape index (κ3) is 4.74. The molecular weight excluding hydrogens is 386 g/mol. The summed E-state index contributed by atoms with van der Waals surface area (Å²) in [6, 6.07) is 12.7. The zero-order valence-corrected chi connectivity index (χ0v) is 17.4. The first kappa shape index (κ1) is 21.2. The average Bonchev–Trinajstić information content (AvgIpc) is 2.77. The lowest BCUT2D eigenvalue weighted by Gasteiger charge is -2.42. The molecule has 0 radical (unpaired) electrons. The zero-order chi connectivity index (χ0) is 20.9. The lowest BCUT2D eigenvalue weighted by Crippen LogP contribution is -2.57. The fourth-order valence-electron chi connectivity index (χ4n) is 3.76. The minimum Gasteiger partial charge on any atom is -0.349 e. The first-order valence-electron chi connectivity index (χ1n) is 9.84. The Morgan fingerprint density at radius 2 is 1.97 bits per heavy atom. The summed E-state index contributed by atoms with van der Waals surface area (Å²) < 4.78 is 28.4. The van der Waals surface area contributed by atoms with Crippen LogP contribution in [0.25, 0.3) is 0 Å². The summed E-state index contributed by atoms with van der Waals surface area (Å²) in [5.74, 6) is -0.365. The normalized spacial score (nSPS) is 21.3. The molecule has 2 aromatic rings. The van der Waals surface area contributed by atoms with Crippen molar-refractivity contribution in [3.05, 3.63) is 73.1 Å². The van der Waals surface area contributed by atoms with E-state index in [1.54, 1.807) is 42.6 Å². The van der Waals surface area contributed by atoms with E-state index in [1.165, 1.54) is 4.31 Å². The molecule has 1 aromatic carbocycles. The number of pyridine rings is 1. The molecule has 0 spiro atoms. The Balaban J connectivity index is 1.90. The van der Waals surface area contributed by atoms with Crippen molar-refractivity contribution in [2.75, 3.05) is 0 Å². The first-order valence-corrected chi connectivity index (χ1v) is 11.3. The second-order valence-electron chi connectivity index (χ2n) is 7.30. The molecule has 29 heavy (non-hydrogen) atoms. The Morgan fingerprint density at radius 1 is 1.24 bits per heavy atom. The molecule has 3 rings (SSSR count). The minimum atomic E-state index is -3.83. The van der Waals surface area contributed by atoms with Crippen LogP contribution >= 0.6 is 0 Å². The maximum absolute atomic E-state index is 13.5. The van der Waals surface area contributed by atoms with Gasteiger partial charge < -0.3 is 5.32 Å². The van der Waals surface area contributed by atoms with Crippen molar-refractivity contribution in [2.24, 2.45) is 5.92 Å². The fourth-order valence-corrected chi connectivity index (χ4v) is 5.70. The molecule has 2 heterocycles. The van der Waals surface area contributed by atoms with Gasteiger partial charge in [0.1, 0.15) is 6.04 Å². The highest BCUT2D eigenvalue weighted by Gasteiger charge is 2.44. The number of hydrogen-bond acceptors (Lipinski definition) is 4. The Morgan fingerprint density at radius 3 is 2.62 bits per heavy atom. The van der Waals surface area contributed by atoms with E-state index in [1.807, 2.05) is 25.1 Å². The summed E-state index contributed by atoms with van der Waals surface area (Å²) in [5.41, 5.74) is 0.727. The van der Waals surface area contributed by atoms with Gasteiger partial charge >= 0.3 is 0 Å². The maximum Gasteiger partial charge on any atom is 0.244 e. The van der Waals surface area contributed by atoms with Gasteiger partial charge in [0.15, 0.2) is 0 Å². The average molecular weight is 414 g/mol. The van der Waals surface area contributed by atoms with E-state index in [2.05, 4.69) is 16.9 Å². The quantitative estimate of drug-likeness (QED) is 0.708. The highest BCUT2D eigenvalue weighted by Crippen LogP contribution is 2.34. The third-order valence-corrected chi connectivity index (χ3v) is 7.33. The van der Waals surface area contributed by atoms with Gasteiger partial charge in [-0.25, -0.2) is 8.42 Å². The highest BCUT2D eigenvalue weighted by molar-refractivity contribution is 7.89. The third-order valence-electron chi connectivity index (χ3n) is 5.38. The van der Waals surface area contributed by atoms with Crippen LogP contribution in [0.5, 0.6) is 0 Å².